The number of amides is 3. The summed E-state index contributed by atoms with van der Waals surface area (Å²) in [4.78, 5) is 40.8. The number of anilines is 1. The fourth-order valence-corrected chi connectivity index (χ4v) is 5.80. The maximum Gasteiger partial charge on any atom is 0.264 e. The molecule has 11 heteroatoms. The van der Waals surface area contributed by atoms with Gasteiger partial charge in [0.2, 0.25) is 11.8 Å². The van der Waals surface area contributed by atoms with Gasteiger partial charge in [-0.25, -0.2) is 13.1 Å². The first-order chi connectivity index (χ1) is 20.0. The highest BCUT2D eigenvalue weighted by Gasteiger charge is 2.33. The Balaban J connectivity index is 1.53. The molecule has 4 aromatic carbocycles. The number of rotatable bonds is 10. The van der Waals surface area contributed by atoms with Gasteiger partial charge in [-0.05, 0) is 79.1 Å². The van der Waals surface area contributed by atoms with E-state index in [1.807, 2.05) is 12.1 Å². The normalized spacial score (nSPS) is 12.0. The van der Waals surface area contributed by atoms with Gasteiger partial charge in [-0.15, -0.1) is 0 Å². The maximum atomic E-state index is 13.4. The summed E-state index contributed by atoms with van der Waals surface area (Å²) in [6, 6.07) is 23.0. The van der Waals surface area contributed by atoms with Crippen LogP contribution in [0.2, 0.25) is 10.0 Å². The summed E-state index contributed by atoms with van der Waals surface area (Å²) in [6.45, 7) is 4.29. The van der Waals surface area contributed by atoms with E-state index < -0.39 is 33.7 Å². The second-order valence-electron chi connectivity index (χ2n) is 9.53. The van der Waals surface area contributed by atoms with E-state index in [1.165, 1.54) is 29.2 Å². The Bertz CT molecular complexity index is 1740. The molecule has 4 aromatic rings. The van der Waals surface area contributed by atoms with E-state index in [2.05, 4.69) is 10.0 Å². The van der Waals surface area contributed by atoms with E-state index >= 15 is 0 Å². The van der Waals surface area contributed by atoms with Crippen LogP contribution in [-0.4, -0.2) is 44.1 Å². The first-order valence-corrected chi connectivity index (χ1v) is 15.5. The molecular formula is C31H29Cl2N3O5S. The fraction of sp³-hybridized carbons (Fsp3) is 0.194. The molecule has 1 unspecified atom stereocenters. The van der Waals surface area contributed by atoms with E-state index in [-0.39, 0.29) is 16.3 Å². The lowest BCUT2D eigenvalue weighted by Gasteiger charge is -2.25. The largest absolute Gasteiger partial charge is 0.343 e. The zero-order valence-electron chi connectivity index (χ0n) is 22.9. The number of hydrogen-bond acceptors (Lipinski definition) is 5. The average Bonchev–Trinajstić information content (AvgIpc) is 2.98. The quantitative estimate of drug-likeness (QED) is 0.212. The molecule has 4 rings (SSSR count). The molecule has 0 aliphatic heterocycles. The van der Waals surface area contributed by atoms with Crippen LogP contribution >= 0.6 is 23.2 Å². The predicted molar refractivity (Wildman–Crippen MR) is 165 cm³/mol. The smallest absolute Gasteiger partial charge is 0.264 e. The minimum absolute atomic E-state index is 0.0462. The van der Waals surface area contributed by atoms with Crippen molar-refractivity contribution in [3.63, 3.8) is 0 Å². The Labute approximate surface area is 254 Å². The van der Waals surface area contributed by atoms with E-state index in [0.29, 0.717) is 40.3 Å². The number of carbonyl (C=O) groups excluding carboxylic acids is 3. The number of nitrogens with zero attached hydrogens (tertiary/aromatic N) is 1. The lowest BCUT2D eigenvalue weighted by molar-refractivity contribution is -0.141. The SMILES string of the molecule is CCN(CC)C(=O)C(Cc1ccc(NC(=O)c2ccc(Cl)c(Cl)c2)cc1)C(=O)NS(=O)(=O)c1ccc2ccccc2c1. The molecule has 0 fully saturated rings. The van der Waals surface area contributed by atoms with Crippen LogP contribution in [0.25, 0.3) is 10.8 Å². The van der Waals surface area contributed by atoms with Gasteiger partial charge in [-0.1, -0.05) is 65.7 Å². The molecule has 0 aliphatic carbocycles. The predicted octanol–water partition coefficient (Wildman–Crippen LogP) is 5.93. The molecule has 3 amide bonds. The second-order valence-corrected chi connectivity index (χ2v) is 12.0. The molecule has 8 nitrogen and oxygen atoms in total. The van der Waals surface area contributed by atoms with Crippen molar-refractivity contribution in [1.29, 1.82) is 0 Å². The summed E-state index contributed by atoms with van der Waals surface area (Å²) < 4.78 is 28.4. The Kier molecular flexibility index (Phi) is 9.88. The lowest BCUT2D eigenvalue weighted by Crippen LogP contribution is -2.46. The topological polar surface area (TPSA) is 113 Å². The molecule has 2 N–H and O–H groups in total. The molecular weight excluding hydrogens is 597 g/mol. The Morgan fingerprint density at radius 2 is 1.48 bits per heavy atom. The molecule has 0 saturated heterocycles. The van der Waals surface area contributed by atoms with E-state index in [4.69, 9.17) is 23.2 Å². The third-order valence-corrected chi connectivity index (χ3v) is 8.87. The minimum atomic E-state index is -4.25. The van der Waals surface area contributed by atoms with Gasteiger partial charge in [0.15, 0.2) is 0 Å². The van der Waals surface area contributed by atoms with Crippen LogP contribution < -0.4 is 10.0 Å². The van der Waals surface area contributed by atoms with Crippen molar-refractivity contribution in [3.8, 4) is 0 Å². The number of benzene rings is 4. The fourth-order valence-electron chi connectivity index (χ4n) is 4.45. The molecule has 0 bridgehead atoms. The van der Waals surface area contributed by atoms with Crippen LogP contribution in [0.3, 0.4) is 0 Å². The van der Waals surface area contributed by atoms with Gasteiger partial charge in [-0.2, -0.15) is 0 Å². The summed E-state index contributed by atoms with van der Waals surface area (Å²) in [5.74, 6) is -3.09. The van der Waals surface area contributed by atoms with Crippen LogP contribution in [0.4, 0.5) is 5.69 Å². The van der Waals surface area contributed by atoms with Crippen LogP contribution in [0.5, 0.6) is 0 Å². The van der Waals surface area contributed by atoms with Crippen LogP contribution in [-0.2, 0) is 26.0 Å². The number of halogens is 2. The number of hydrogen-bond donors (Lipinski definition) is 2. The Morgan fingerprint density at radius 3 is 2.12 bits per heavy atom. The first-order valence-electron chi connectivity index (χ1n) is 13.2. The van der Waals surface area contributed by atoms with Gasteiger partial charge in [0.05, 0.1) is 14.9 Å². The second kappa shape index (κ2) is 13.4. The lowest BCUT2D eigenvalue weighted by atomic mass is 9.97. The molecule has 0 saturated carbocycles. The van der Waals surface area contributed by atoms with E-state index in [0.717, 1.165) is 5.39 Å². The molecule has 1 atom stereocenters. The Morgan fingerprint density at radius 1 is 0.810 bits per heavy atom. The highest BCUT2D eigenvalue weighted by Crippen LogP contribution is 2.24. The molecule has 218 valence electrons. The summed E-state index contributed by atoms with van der Waals surface area (Å²) in [5, 5.41) is 4.90. The third-order valence-electron chi connectivity index (χ3n) is 6.79. The Hall–Kier alpha value is -3.92. The number of carbonyl (C=O) groups is 3. The maximum absolute atomic E-state index is 13.4. The highest BCUT2D eigenvalue weighted by molar-refractivity contribution is 7.90. The van der Waals surface area contributed by atoms with Crippen molar-refractivity contribution in [2.75, 3.05) is 18.4 Å². The van der Waals surface area contributed by atoms with E-state index in [9.17, 15) is 22.8 Å². The third kappa shape index (κ3) is 7.28. The molecule has 0 spiro atoms. The van der Waals surface area contributed by atoms with Crippen molar-refractivity contribution in [2.24, 2.45) is 5.92 Å². The van der Waals surface area contributed by atoms with Gasteiger partial charge in [0, 0.05) is 24.3 Å². The first kappa shape index (κ1) is 31.0. The van der Waals surface area contributed by atoms with Crippen molar-refractivity contribution in [2.45, 2.75) is 25.2 Å². The van der Waals surface area contributed by atoms with Crippen LogP contribution in [0, 0.1) is 5.92 Å². The van der Waals surface area contributed by atoms with Crippen LogP contribution in [0.1, 0.15) is 29.8 Å². The summed E-state index contributed by atoms with van der Waals surface area (Å²) in [5.41, 5.74) is 1.40. The van der Waals surface area contributed by atoms with Crippen molar-refractivity contribution in [1.82, 2.24) is 9.62 Å². The van der Waals surface area contributed by atoms with Gasteiger partial charge >= 0.3 is 0 Å². The van der Waals surface area contributed by atoms with Crippen molar-refractivity contribution < 1.29 is 22.8 Å². The summed E-state index contributed by atoms with van der Waals surface area (Å²) in [7, 11) is -4.25. The minimum Gasteiger partial charge on any atom is -0.343 e. The molecule has 42 heavy (non-hydrogen) atoms. The standard InChI is InChI=1S/C31H29Cl2N3O5S/c1-3-36(4-2)31(39)26(30(38)35-42(40,41)25-15-11-21-7-5-6-8-22(21)18-25)17-20-9-13-24(14-10-20)34-29(37)23-12-16-27(32)28(33)19-23/h5-16,18-19,26H,3-4,17H2,1-2H3,(H,34,37)(H,35,38). The highest BCUT2D eigenvalue weighted by atomic mass is 35.5. The molecule has 0 heterocycles. The summed E-state index contributed by atoms with van der Waals surface area (Å²) in [6.07, 6.45) is -0.0462. The molecule has 0 radical (unpaired) electrons. The average molecular weight is 627 g/mol. The van der Waals surface area contributed by atoms with Crippen LogP contribution in [0.15, 0.2) is 89.8 Å². The summed E-state index contributed by atoms with van der Waals surface area (Å²) >= 11 is 11.9. The molecule has 0 aliphatic rings. The monoisotopic (exact) mass is 625 g/mol. The zero-order valence-corrected chi connectivity index (χ0v) is 25.3. The van der Waals surface area contributed by atoms with Gasteiger partial charge in [0.1, 0.15) is 5.92 Å². The van der Waals surface area contributed by atoms with E-state index in [1.54, 1.807) is 62.4 Å². The van der Waals surface area contributed by atoms with Gasteiger partial charge < -0.3 is 10.2 Å². The number of sulfonamides is 1. The zero-order chi connectivity index (χ0) is 30.4. The number of nitrogens with one attached hydrogen (secondary N) is 2. The van der Waals surface area contributed by atoms with Gasteiger partial charge in [0.25, 0.3) is 15.9 Å². The van der Waals surface area contributed by atoms with Crippen molar-refractivity contribution in [3.05, 3.63) is 106 Å². The van der Waals surface area contributed by atoms with Crippen molar-refractivity contribution >= 4 is 67.4 Å². The molecule has 0 aromatic heterocycles. The number of fused-ring (bicyclic) bond motifs is 1. The van der Waals surface area contributed by atoms with Gasteiger partial charge in [-0.3, -0.25) is 14.4 Å².